The number of hydrogen-bond acceptors (Lipinski definition) is 3. The first-order valence-electron chi connectivity index (χ1n) is 6.12. The van der Waals surface area contributed by atoms with Crippen molar-refractivity contribution in [1.82, 2.24) is 0 Å². The summed E-state index contributed by atoms with van der Waals surface area (Å²) in [7, 11) is 0. The molecule has 0 aromatic heterocycles. The maximum atomic E-state index is 13.9. The minimum Gasteiger partial charge on any atom is -0.368 e. The molecular formula is C14H16FNO2. The van der Waals surface area contributed by atoms with E-state index in [4.69, 9.17) is 0 Å². The van der Waals surface area contributed by atoms with Gasteiger partial charge in [0.05, 0.1) is 5.69 Å². The van der Waals surface area contributed by atoms with E-state index >= 15 is 0 Å². The largest absolute Gasteiger partial charge is 0.368 e. The van der Waals surface area contributed by atoms with Crippen LogP contribution in [0.3, 0.4) is 0 Å². The zero-order valence-corrected chi connectivity index (χ0v) is 10.4. The van der Waals surface area contributed by atoms with Gasteiger partial charge in [-0.1, -0.05) is 0 Å². The Hall–Kier alpha value is -1.71. The third-order valence-corrected chi connectivity index (χ3v) is 3.35. The summed E-state index contributed by atoms with van der Waals surface area (Å²) >= 11 is 0. The van der Waals surface area contributed by atoms with Crippen molar-refractivity contribution >= 4 is 17.8 Å². The van der Waals surface area contributed by atoms with Crippen LogP contribution in [0.15, 0.2) is 18.2 Å². The van der Waals surface area contributed by atoms with Crippen molar-refractivity contribution in [3.8, 4) is 0 Å². The molecule has 1 aliphatic rings. The van der Waals surface area contributed by atoms with Gasteiger partial charge in [0, 0.05) is 24.6 Å². The maximum absolute atomic E-state index is 13.9. The molecule has 0 radical (unpaired) electrons. The van der Waals surface area contributed by atoms with Gasteiger partial charge in [-0.2, -0.15) is 0 Å². The predicted octanol–water partition coefficient (Wildman–Crippen LogP) is 2.44. The van der Waals surface area contributed by atoms with Crippen molar-refractivity contribution in [2.75, 3.05) is 18.0 Å². The summed E-state index contributed by atoms with van der Waals surface area (Å²) in [6, 6.07) is 4.52. The van der Waals surface area contributed by atoms with Crippen LogP contribution in [0.25, 0.3) is 0 Å². The van der Waals surface area contributed by atoms with Crippen LogP contribution in [-0.4, -0.2) is 25.2 Å². The lowest BCUT2D eigenvalue weighted by Crippen LogP contribution is -2.36. The lowest BCUT2D eigenvalue weighted by molar-refractivity contribution is -0.111. The van der Waals surface area contributed by atoms with Gasteiger partial charge in [0.15, 0.2) is 5.78 Å². The van der Waals surface area contributed by atoms with Gasteiger partial charge >= 0.3 is 0 Å². The van der Waals surface area contributed by atoms with Crippen molar-refractivity contribution in [3.05, 3.63) is 29.6 Å². The van der Waals surface area contributed by atoms with E-state index in [0.717, 1.165) is 25.7 Å². The molecule has 0 saturated carbocycles. The molecule has 1 atom stereocenters. The molecule has 2 rings (SSSR count). The number of ketones is 1. The Morgan fingerprint density at radius 1 is 1.50 bits per heavy atom. The average Bonchev–Trinajstić information content (AvgIpc) is 2.38. The molecule has 18 heavy (non-hydrogen) atoms. The molecule has 1 aliphatic heterocycles. The van der Waals surface area contributed by atoms with Crippen LogP contribution in [0.4, 0.5) is 10.1 Å². The smallest absolute Gasteiger partial charge is 0.159 e. The Labute approximate surface area is 106 Å². The summed E-state index contributed by atoms with van der Waals surface area (Å²) in [4.78, 5) is 23.8. The number of rotatable bonds is 3. The fraction of sp³-hybridized carbons (Fsp3) is 0.429. The van der Waals surface area contributed by atoms with E-state index in [0.29, 0.717) is 17.8 Å². The predicted molar refractivity (Wildman–Crippen MR) is 67.4 cm³/mol. The van der Waals surface area contributed by atoms with Crippen LogP contribution < -0.4 is 4.90 Å². The van der Waals surface area contributed by atoms with E-state index in [1.54, 1.807) is 12.1 Å². The number of carbonyl (C=O) groups is 2. The quantitative estimate of drug-likeness (QED) is 0.610. The highest BCUT2D eigenvalue weighted by molar-refractivity contribution is 5.94. The summed E-state index contributed by atoms with van der Waals surface area (Å²) in [5, 5.41) is 0. The monoisotopic (exact) mass is 249 g/mol. The molecule has 96 valence electrons. The minimum atomic E-state index is -0.394. The van der Waals surface area contributed by atoms with Crippen molar-refractivity contribution in [2.24, 2.45) is 5.92 Å². The van der Waals surface area contributed by atoms with Gasteiger partial charge in [0.2, 0.25) is 0 Å². The molecule has 1 fully saturated rings. The number of halogens is 1. The number of nitrogens with zero attached hydrogens (tertiary/aromatic N) is 1. The molecule has 0 N–H and O–H groups in total. The van der Waals surface area contributed by atoms with E-state index in [1.807, 2.05) is 4.90 Å². The fourth-order valence-corrected chi connectivity index (χ4v) is 2.32. The first-order valence-corrected chi connectivity index (χ1v) is 6.12. The highest BCUT2D eigenvalue weighted by atomic mass is 19.1. The molecule has 0 spiro atoms. The zero-order valence-electron chi connectivity index (χ0n) is 10.4. The second kappa shape index (κ2) is 5.29. The second-order valence-corrected chi connectivity index (χ2v) is 4.71. The normalized spacial score (nSPS) is 19.7. The molecule has 0 bridgehead atoms. The third-order valence-electron chi connectivity index (χ3n) is 3.35. The topological polar surface area (TPSA) is 37.4 Å². The van der Waals surface area contributed by atoms with Crippen LogP contribution >= 0.6 is 0 Å². The Morgan fingerprint density at radius 2 is 2.28 bits per heavy atom. The standard InChI is InChI=1S/C14H16FNO2/c1-10(18)12-4-5-14(13(15)7-12)16-6-2-3-11(8-16)9-17/h4-5,7,9,11H,2-3,6,8H2,1H3. The highest BCUT2D eigenvalue weighted by Gasteiger charge is 2.21. The molecule has 1 unspecified atom stereocenters. The van der Waals surface area contributed by atoms with E-state index in [2.05, 4.69) is 0 Å². The number of piperidine rings is 1. The molecule has 1 heterocycles. The zero-order chi connectivity index (χ0) is 13.1. The number of benzene rings is 1. The van der Waals surface area contributed by atoms with Crippen LogP contribution in [0.2, 0.25) is 0 Å². The first-order chi connectivity index (χ1) is 8.61. The minimum absolute atomic E-state index is 0.0226. The van der Waals surface area contributed by atoms with Gasteiger partial charge in [-0.3, -0.25) is 4.79 Å². The molecular weight excluding hydrogens is 233 g/mol. The molecule has 0 amide bonds. The van der Waals surface area contributed by atoms with Crippen molar-refractivity contribution in [3.63, 3.8) is 0 Å². The second-order valence-electron chi connectivity index (χ2n) is 4.71. The van der Waals surface area contributed by atoms with Gasteiger partial charge in [0.25, 0.3) is 0 Å². The first kappa shape index (κ1) is 12.7. The van der Waals surface area contributed by atoms with Crippen LogP contribution in [0, 0.1) is 11.7 Å². The number of hydrogen-bond donors (Lipinski definition) is 0. The van der Waals surface area contributed by atoms with E-state index in [-0.39, 0.29) is 11.7 Å². The van der Waals surface area contributed by atoms with E-state index < -0.39 is 5.82 Å². The number of Topliss-reactive ketones (excluding diaryl/α,β-unsaturated/α-hetero) is 1. The maximum Gasteiger partial charge on any atom is 0.159 e. The molecule has 4 heteroatoms. The summed E-state index contributed by atoms with van der Waals surface area (Å²) < 4.78 is 13.9. The molecule has 1 saturated heterocycles. The lowest BCUT2D eigenvalue weighted by Gasteiger charge is -2.32. The molecule has 3 nitrogen and oxygen atoms in total. The van der Waals surface area contributed by atoms with Gasteiger partial charge in [-0.15, -0.1) is 0 Å². The third kappa shape index (κ3) is 2.58. The Bertz CT molecular complexity index is 473. The summed E-state index contributed by atoms with van der Waals surface area (Å²) in [5.41, 5.74) is 0.853. The molecule has 1 aromatic rings. The Kier molecular flexibility index (Phi) is 3.75. The Balaban J connectivity index is 2.22. The SMILES string of the molecule is CC(=O)c1ccc(N2CCCC(C=O)C2)c(F)c1. The number of anilines is 1. The summed E-state index contributed by atoms with van der Waals surface area (Å²) in [5.74, 6) is -0.565. The lowest BCUT2D eigenvalue weighted by atomic mass is 9.99. The van der Waals surface area contributed by atoms with E-state index in [1.165, 1.54) is 13.0 Å². The summed E-state index contributed by atoms with van der Waals surface area (Å²) in [6.45, 7) is 2.72. The number of carbonyl (C=O) groups excluding carboxylic acids is 2. The average molecular weight is 249 g/mol. The highest BCUT2D eigenvalue weighted by Crippen LogP contribution is 2.25. The van der Waals surface area contributed by atoms with Crippen LogP contribution in [-0.2, 0) is 4.79 Å². The fourth-order valence-electron chi connectivity index (χ4n) is 2.32. The van der Waals surface area contributed by atoms with Gasteiger partial charge in [0.1, 0.15) is 12.1 Å². The molecule has 1 aromatic carbocycles. The van der Waals surface area contributed by atoms with Crippen LogP contribution in [0.5, 0.6) is 0 Å². The van der Waals surface area contributed by atoms with Crippen molar-refractivity contribution in [2.45, 2.75) is 19.8 Å². The van der Waals surface area contributed by atoms with Gasteiger partial charge in [-0.25, -0.2) is 4.39 Å². The van der Waals surface area contributed by atoms with Crippen LogP contribution in [0.1, 0.15) is 30.1 Å². The van der Waals surface area contributed by atoms with Crippen molar-refractivity contribution < 1.29 is 14.0 Å². The van der Waals surface area contributed by atoms with E-state index in [9.17, 15) is 14.0 Å². The number of aldehydes is 1. The summed E-state index contributed by atoms with van der Waals surface area (Å²) in [6.07, 6.45) is 2.69. The van der Waals surface area contributed by atoms with Gasteiger partial charge in [-0.05, 0) is 38.0 Å². The molecule has 0 aliphatic carbocycles. The Morgan fingerprint density at radius 3 is 2.89 bits per heavy atom. The van der Waals surface area contributed by atoms with Crippen molar-refractivity contribution in [1.29, 1.82) is 0 Å². The van der Waals surface area contributed by atoms with Gasteiger partial charge < -0.3 is 9.69 Å².